The number of hydrogen-bond acceptors (Lipinski definition) is 1. The van der Waals surface area contributed by atoms with Gasteiger partial charge in [0.05, 0.1) is 5.69 Å². The van der Waals surface area contributed by atoms with Crippen molar-refractivity contribution in [3.63, 3.8) is 0 Å². The second-order valence-electron chi connectivity index (χ2n) is 14.2. The van der Waals surface area contributed by atoms with Gasteiger partial charge in [0.15, 0.2) is 0 Å². The van der Waals surface area contributed by atoms with Crippen molar-refractivity contribution < 1.29 is 0 Å². The zero-order valence-electron chi connectivity index (χ0n) is 29.5. The van der Waals surface area contributed by atoms with Crippen LogP contribution in [0.5, 0.6) is 0 Å². The van der Waals surface area contributed by atoms with Crippen molar-refractivity contribution >= 4 is 64.6 Å². The van der Waals surface area contributed by atoms with Crippen LogP contribution in [0.3, 0.4) is 0 Å². The lowest BCUT2D eigenvalue weighted by Crippen LogP contribution is -1.94. The molecule has 0 aliphatic rings. The first-order valence-corrected chi connectivity index (χ1v) is 18.6. The minimum Gasteiger partial charge on any atom is -0.256 e. The fraction of sp³-hybridized carbons (Fsp3) is 0. The summed E-state index contributed by atoms with van der Waals surface area (Å²) in [6, 6.07) is 71.3. The van der Waals surface area contributed by atoms with Gasteiger partial charge in [-0.05, 0) is 128 Å². The third-order valence-electron chi connectivity index (χ3n) is 11.3. The maximum absolute atomic E-state index is 4.59. The molecule has 11 aromatic rings. The van der Waals surface area contributed by atoms with E-state index >= 15 is 0 Å². The van der Waals surface area contributed by atoms with Crippen molar-refractivity contribution in [1.29, 1.82) is 0 Å². The molecule has 1 heterocycles. The zero-order valence-corrected chi connectivity index (χ0v) is 29.5. The predicted molar refractivity (Wildman–Crippen MR) is 231 cm³/mol. The molecule has 1 nitrogen and oxygen atoms in total. The quantitative estimate of drug-likeness (QED) is 0.133. The van der Waals surface area contributed by atoms with Gasteiger partial charge < -0.3 is 0 Å². The molecule has 250 valence electrons. The van der Waals surface area contributed by atoms with Crippen LogP contribution < -0.4 is 0 Å². The topological polar surface area (TPSA) is 12.9 Å². The summed E-state index contributed by atoms with van der Waals surface area (Å²) in [5, 5.41) is 15.1. The monoisotopic (exact) mass is 683 g/mol. The number of aromatic nitrogens is 1. The highest BCUT2D eigenvalue weighted by atomic mass is 14.7. The molecule has 0 fully saturated rings. The van der Waals surface area contributed by atoms with Gasteiger partial charge in [-0.1, -0.05) is 164 Å². The zero-order chi connectivity index (χ0) is 35.6. The molecule has 0 N–H and O–H groups in total. The molecule has 1 aromatic heterocycles. The van der Waals surface area contributed by atoms with Crippen molar-refractivity contribution in [3.8, 4) is 44.6 Å². The third-order valence-corrected chi connectivity index (χ3v) is 11.3. The number of nitrogens with zero attached hydrogens (tertiary/aromatic N) is 1. The van der Waals surface area contributed by atoms with Crippen LogP contribution in [0.25, 0.3) is 109 Å². The third kappa shape index (κ3) is 4.76. The Labute approximate surface area is 313 Å². The minimum atomic E-state index is 0.978. The van der Waals surface area contributed by atoms with Gasteiger partial charge in [-0.15, -0.1) is 0 Å². The summed E-state index contributed by atoms with van der Waals surface area (Å²) in [4.78, 5) is 4.59. The van der Waals surface area contributed by atoms with E-state index < -0.39 is 0 Å². The average molecular weight is 684 g/mol. The molecular formula is C53H33N. The summed E-state index contributed by atoms with van der Waals surface area (Å²) in [5.41, 5.74) is 9.50. The van der Waals surface area contributed by atoms with Gasteiger partial charge in [0.1, 0.15) is 0 Å². The van der Waals surface area contributed by atoms with Crippen molar-refractivity contribution in [2.45, 2.75) is 0 Å². The Morgan fingerprint density at radius 1 is 0.259 bits per heavy atom. The van der Waals surface area contributed by atoms with E-state index in [1.165, 1.54) is 98.0 Å². The molecule has 0 saturated carbocycles. The van der Waals surface area contributed by atoms with Gasteiger partial charge in [-0.25, -0.2) is 0 Å². The van der Waals surface area contributed by atoms with E-state index in [2.05, 4.69) is 187 Å². The molecule has 1 heteroatoms. The molecule has 0 aliphatic carbocycles. The summed E-state index contributed by atoms with van der Waals surface area (Å²) in [7, 11) is 0. The number of fused-ring (bicyclic) bond motifs is 8. The number of pyridine rings is 1. The molecular weight excluding hydrogens is 651 g/mol. The molecule has 54 heavy (non-hydrogen) atoms. The van der Waals surface area contributed by atoms with Crippen LogP contribution in [0, 0.1) is 0 Å². The van der Waals surface area contributed by atoms with E-state index in [1.54, 1.807) is 0 Å². The number of benzene rings is 10. The minimum absolute atomic E-state index is 0.978. The van der Waals surface area contributed by atoms with Crippen molar-refractivity contribution in [3.05, 3.63) is 200 Å². The van der Waals surface area contributed by atoms with E-state index in [0.29, 0.717) is 0 Å². The summed E-state index contributed by atoms with van der Waals surface area (Å²) >= 11 is 0. The van der Waals surface area contributed by atoms with E-state index in [0.717, 1.165) is 11.3 Å². The van der Waals surface area contributed by atoms with Gasteiger partial charge in [0, 0.05) is 11.8 Å². The number of rotatable bonds is 4. The fourth-order valence-electron chi connectivity index (χ4n) is 8.83. The highest BCUT2D eigenvalue weighted by Gasteiger charge is 2.21. The fourth-order valence-corrected chi connectivity index (χ4v) is 8.83. The largest absolute Gasteiger partial charge is 0.256 e. The Bertz CT molecular complexity index is 3250. The molecule has 0 amide bonds. The first kappa shape index (κ1) is 30.5. The summed E-state index contributed by atoms with van der Waals surface area (Å²) in [5.74, 6) is 0. The SMILES string of the molecule is c1ccc(-c2ccc(-c3ccc4c(-c5cc6ccccc6c6ccccc56)c5ccccc5c(-c5cc6ccccc6c6ccccc56)c4c3)cc2)nc1. The van der Waals surface area contributed by atoms with Crippen molar-refractivity contribution in [2.24, 2.45) is 0 Å². The molecule has 0 atom stereocenters. The van der Waals surface area contributed by atoms with Crippen LogP contribution in [0.4, 0.5) is 0 Å². The van der Waals surface area contributed by atoms with Gasteiger partial charge in [0.2, 0.25) is 0 Å². The lowest BCUT2D eigenvalue weighted by atomic mass is 9.81. The standard InChI is InChI=1S/C53H33N/c1-3-15-39-37(13-1)32-48(43-19-7-5-17-41(39)43)52-45-21-9-10-22-46(45)53(49-33-38-14-2-4-16-40(38)42-18-6-8-20-44(42)49)50-31-36(28-29-47(50)52)34-24-26-35(27-25-34)51-23-11-12-30-54-51/h1-33H. The van der Waals surface area contributed by atoms with Crippen LogP contribution in [0.15, 0.2) is 200 Å². The lowest BCUT2D eigenvalue weighted by Gasteiger charge is -2.21. The maximum atomic E-state index is 4.59. The average Bonchev–Trinajstić information content (AvgIpc) is 3.25. The molecule has 10 aromatic carbocycles. The summed E-state index contributed by atoms with van der Waals surface area (Å²) < 4.78 is 0. The molecule has 0 unspecified atom stereocenters. The van der Waals surface area contributed by atoms with Gasteiger partial charge in [-0.2, -0.15) is 0 Å². The van der Waals surface area contributed by atoms with E-state index in [4.69, 9.17) is 0 Å². The molecule has 0 aliphatic heterocycles. The Kier molecular flexibility index (Phi) is 6.93. The predicted octanol–water partition coefficient (Wildman–Crippen LogP) is 14.7. The normalized spacial score (nSPS) is 11.7. The highest BCUT2D eigenvalue weighted by molar-refractivity contribution is 6.28. The Hall–Kier alpha value is -7.09. The molecule has 0 radical (unpaired) electrons. The van der Waals surface area contributed by atoms with Gasteiger partial charge >= 0.3 is 0 Å². The second-order valence-corrected chi connectivity index (χ2v) is 14.2. The van der Waals surface area contributed by atoms with Gasteiger partial charge in [0.25, 0.3) is 0 Å². The maximum Gasteiger partial charge on any atom is 0.0701 e. The summed E-state index contributed by atoms with van der Waals surface area (Å²) in [6.07, 6.45) is 1.85. The highest BCUT2D eigenvalue weighted by Crippen LogP contribution is 2.49. The molecule has 0 spiro atoms. The second kappa shape index (κ2) is 12.3. The van der Waals surface area contributed by atoms with Crippen LogP contribution >= 0.6 is 0 Å². The molecule has 0 bridgehead atoms. The van der Waals surface area contributed by atoms with Crippen molar-refractivity contribution in [2.75, 3.05) is 0 Å². The van der Waals surface area contributed by atoms with E-state index in [-0.39, 0.29) is 0 Å². The Morgan fingerprint density at radius 2 is 0.685 bits per heavy atom. The van der Waals surface area contributed by atoms with E-state index in [1.807, 2.05) is 18.3 Å². The smallest absolute Gasteiger partial charge is 0.0701 e. The first-order chi connectivity index (χ1) is 26.8. The van der Waals surface area contributed by atoms with Gasteiger partial charge in [-0.3, -0.25) is 4.98 Å². The molecule has 0 saturated heterocycles. The van der Waals surface area contributed by atoms with Crippen molar-refractivity contribution in [1.82, 2.24) is 4.98 Å². The van der Waals surface area contributed by atoms with Crippen LogP contribution in [0.2, 0.25) is 0 Å². The Balaban J connectivity index is 1.28. The van der Waals surface area contributed by atoms with Crippen LogP contribution in [-0.2, 0) is 0 Å². The lowest BCUT2D eigenvalue weighted by molar-refractivity contribution is 1.33. The first-order valence-electron chi connectivity index (χ1n) is 18.6. The van der Waals surface area contributed by atoms with E-state index in [9.17, 15) is 0 Å². The van der Waals surface area contributed by atoms with Crippen LogP contribution in [0.1, 0.15) is 0 Å². The van der Waals surface area contributed by atoms with Crippen LogP contribution in [-0.4, -0.2) is 4.98 Å². The summed E-state index contributed by atoms with van der Waals surface area (Å²) in [6.45, 7) is 0. The molecule has 11 rings (SSSR count). The number of hydrogen-bond donors (Lipinski definition) is 0. The Morgan fingerprint density at radius 3 is 1.24 bits per heavy atom.